The normalized spacial score (nSPS) is 20.8. The highest BCUT2D eigenvalue weighted by Gasteiger charge is 2.45. The maximum absolute atomic E-state index is 6.66. The van der Waals surface area contributed by atoms with Crippen molar-refractivity contribution in [2.75, 3.05) is 19.8 Å². The van der Waals surface area contributed by atoms with Crippen LogP contribution in [-0.4, -0.2) is 50.7 Å². The minimum atomic E-state index is -0.713. The Morgan fingerprint density at radius 2 is 1.13 bits per heavy atom. The van der Waals surface area contributed by atoms with Crippen molar-refractivity contribution in [1.82, 2.24) is 0 Å². The van der Waals surface area contributed by atoms with Crippen LogP contribution in [0.1, 0.15) is 29.2 Å². The Kier molecular flexibility index (Phi) is 14.2. The number of hydrogen-bond donors (Lipinski definition) is 0. The quantitative estimate of drug-likeness (QED) is 0.0779. The molecule has 0 aliphatic carbocycles. The molecular weight excluding hydrogens is 592 g/mol. The summed E-state index contributed by atoms with van der Waals surface area (Å²) < 4.78 is 44.5. The van der Waals surface area contributed by atoms with Crippen molar-refractivity contribution < 1.29 is 33.2 Å². The molecule has 0 bridgehead atoms. The highest BCUT2D eigenvalue weighted by molar-refractivity contribution is 5.16. The Morgan fingerprint density at radius 1 is 0.638 bits per heavy atom. The molecule has 1 unspecified atom stereocenters. The molecule has 248 valence electrons. The van der Waals surface area contributed by atoms with Crippen molar-refractivity contribution in [3.8, 4) is 0 Å². The highest BCUT2D eigenvalue weighted by Crippen LogP contribution is 2.28. The van der Waals surface area contributed by atoms with E-state index in [0.29, 0.717) is 39.6 Å². The van der Waals surface area contributed by atoms with E-state index in [0.717, 1.165) is 22.3 Å². The summed E-state index contributed by atoms with van der Waals surface area (Å²) in [6.07, 6.45) is -1.40. The molecule has 0 radical (unpaired) electrons. The lowest BCUT2D eigenvalue weighted by Crippen LogP contribution is -2.57. The van der Waals surface area contributed by atoms with Crippen LogP contribution in [0.2, 0.25) is 0 Å². The van der Waals surface area contributed by atoms with Crippen molar-refractivity contribution in [3.05, 3.63) is 156 Å². The molecule has 1 aliphatic rings. The first-order valence-corrected chi connectivity index (χ1v) is 16.3. The van der Waals surface area contributed by atoms with Gasteiger partial charge in [0.25, 0.3) is 0 Å². The second kappa shape index (κ2) is 19.2. The fourth-order valence-corrected chi connectivity index (χ4v) is 5.24. The highest BCUT2D eigenvalue weighted by atomic mass is 16.7. The predicted octanol–water partition coefficient (Wildman–Crippen LogP) is 7.50. The summed E-state index contributed by atoms with van der Waals surface area (Å²) in [5.74, 6) is 0.136. The maximum Gasteiger partial charge on any atom is 0.186 e. The summed E-state index contributed by atoms with van der Waals surface area (Å²) in [4.78, 5) is 0. The molecule has 0 N–H and O–H groups in total. The van der Waals surface area contributed by atoms with Gasteiger partial charge in [0.15, 0.2) is 12.6 Å². The van der Waals surface area contributed by atoms with Crippen molar-refractivity contribution in [2.24, 2.45) is 5.92 Å². The fraction of sp³-hybridized carbons (Fsp3) is 0.350. The topological polar surface area (TPSA) is 64.6 Å². The van der Waals surface area contributed by atoms with Crippen LogP contribution in [-0.2, 0) is 59.6 Å². The Balaban J connectivity index is 1.28. The van der Waals surface area contributed by atoms with Crippen molar-refractivity contribution >= 4 is 0 Å². The SMILES string of the molecule is C=C[C@@H](OCC(C)COCc1ccccc1)O[C@@H]1[C@@H](OCc2ccccc2)[C@@H](OCc2ccccc2)OC[C@H]1OCc1ccccc1. The van der Waals surface area contributed by atoms with Gasteiger partial charge >= 0.3 is 0 Å². The third-order valence-corrected chi connectivity index (χ3v) is 7.78. The van der Waals surface area contributed by atoms with E-state index in [4.69, 9.17) is 33.2 Å². The molecule has 1 heterocycles. The van der Waals surface area contributed by atoms with Gasteiger partial charge in [0.1, 0.15) is 18.3 Å². The standard InChI is InChI=1S/C40H46O7/c1-3-37(43-25-31(2)24-41-26-32-16-8-4-9-17-32)47-38-36(42-27-33-18-10-5-11-19-33)30-46-40(45-29-35-22-14-7-15-23-35)39(38)44-28-34-20-12-6-13-21-34/h3-23,31,36-40H,1,24-30H2,2H3/t31?,36-,37+,38+,39-,40+/m1/s1. The van der Waals surface area contributed by atoms with E-state index in [1.54, 1.807) is 6.08 Å². The lowest BCUT2D eigenvalue weighted by molar-refractivity contribution is -0.318. The summed E-state index contributed by atoms with van der Waals surface area (Å²) in [5, 5.41) is 0. The van der Waals surface area contributed by atoms with Crippen LogP contribution in [0, 0.1) is 5.92 Å². The fourth-order valence-electron chi connectivity index (χ4n) is 5.24. The summed E-state index contributed by atoms with van der Waals surface area (Å²) in [7, 11) is 0. The zero-order valence-electron chi connectivity index (χ0n) is 27.1. The van der Waals surface area contributed by atoms with Crippen LogP contribution in [0.4, 0.5) is 0 Å². The van der Waals surface area contributed by atoms with E-state index < -0.39 is 30.9 Å². The minimum Gasteiger partial charge on any atom is -0.376 e. The van der Waals surface area contributed by atoms with Crippen molar-refractivity contribution in [2.45, 2.75) is 64.2 Å². The summed E-state index contributed by atoms with van der Waals surface area (Å²) in [6.45, 7) is 9.00. The van der Waals surface area contributed by atoms with Crippen LogP contribution in [0.25, 0.3) is 0 Å². The average Bonchev–Trinajstić information content (AvgIpc) is 3.13. The molecule has 6 atom stereocenters. The zero-order valence-corrected chi connectivity index (χ0v) is 27.1. The Labute approximate surface area is 279 Å². The third kappa shape index (κ3) is 11.5. The molecule has 0 amide bonds. The van der Waals surface area contributed by atoms with Crippen LogP contribution < -0.4 is 0 Å². The number of ether oxygens (including phenoxy) is 7. The van der Waals surface area contributed by atoms with E-state index in [-0.39, 0.29) is 12.5 Å². The molecule has 0 aromatic heterocycles. The Bertz CT molecular complexity index is 1400. The minimum absolute atomic E-state index is 0.136. The maximum atomic E-state index is 6.66. The molecule has 1 aliphatic heterocycles. The van der Waals surface area contributed by atoms with E-state index in [2.05, 4.69) is 25.6 Å². The smallest absolute Gasteiger partial charge is 0.186 e. The van der Waals surface area contributed by atoms with Gasteiger partial charge in [-0.25, -0.2) is 0 Å². The van der Waals surface area contributed by atoms with Gasteiger partial charge in [-0.05, 0) is 28.3 Å². The first kappa shape index (κ1) is 34.7. The lowest BCUT2D eigenvalue weighted by atomic mass is 10.0. The zero-order chi connectivity index (χ0) is 32.5. The van der Waals surface area contributed by atoms with E-state index in [1.807, 2.05) is 109 Å². The summed E-state index contributed by atoms with van der Waals surface area (Å²) in [6, 6.07) is 40.2. The van der Waals surface area contributed by atoms with E-state index in [9.17, 15) is 0 Å². The van der Waals surface area contributed by atoms with Gasteiger partial charge in [0, 0.05) is 5.92 Å². The van der Waals surface area contributed by atoms with Crippen molar-refractivity contribution in [3.63, 3.8) is 0 Å². The predicted molar refractivity (Wildman–Crippen MR) is 181 cm³/mol. The molecule has 1 fully saturated rings. The second-order valence-electron chi connectivity index (χ2n) is 11.7. The lowest BCUT2D eigenvalue weighted by Gasteiger charge is -2.42. The monoisotopic (exact) mass is 638 g/mol. The first-order chi connectivity index (χ1) is 23.2. The Hall–Kier alpha value is -3.66. The van der Waals surface area contributed by atoms with Gasteiger partial charge in [0.2, 0.25) is 0 Å². The van der Waals surface area contributed by atoms with Gasteiger partial charge < -0.3 is 33.2 Å². The van der Waals surface area contributed by atoms with Crippen LogP contribution in [0.15, 0.2) is 134 Å². The molecule has 7 nitrogen and oxygen atoms in total. The summed E-state index contributed by atoms with van der Waals surface area (Å²) in [5.41, 5.74) is 4.26. The largest absolute Gasteiger partial charge is 0.376 e. The average molecular weight is 639 g/mol. The number of benzene rings is 4. The molecule has 1 saturated heterocycles. The van der Waals surface area contributed by atoms with Crippen LogP contribution in [0.5, 0.6) is 0 Å². The van der Waals surface area contributed by atoms with Gasteiger partial charge in [-0.3, -0.25) is 0 Å². The van der Waals surface area contributed by atoms with E-state index in [1.165, 1.54) is 0 Å². The number of hydrogen-bond acceptors (Lipinski definition) is 7. The van der Waals surface area contributed by atoms with Gasteiger partial charge in [-0.2, -0.15) is 0 Å². The Morgan fingerprint density at radius 3 is 1.66 bits per heavy atom. The van der Waals surface area contributed by atoms with Crippen molar-refractivity contribution in [1.29, 1.82) is 0 Å². The van der Waals surface area contributed by atoms with E-state index >= 15 is 0 Å². The van der Waals surface area contributed by atoms with Gasteiger partial charge in [-0.1, -0.05) is 135 Å². The molecule has 7 heteroatoms. The van der Waals surface area contributed by atoms with Crippen LogP contribution in [0.3, 0.4) is 0 Å². The van der Waals surface area contributed by atoms with Gasteiger partial charge in [-0.15, -0.1) is 0 Å². The second-order valence-corrected chi connectivity index (χ2v) is 11.7. The molecule has 4 aromatic carbocycles. The molecule has 0 saturated carbocycles. The molecule has 47 heavy (non-hydrogen) atoms. The van der Waals surface area contributed by atoms with Crippen LogP contribution >= 0.6 is 0 Å². The first-order valence-electron chi connectivity index (χ1n) is 16.3. The van der Waals surface area contributed by atoms with Gasteiger partial charge in [0.05, 0.1) is 46.2 Å². The number of rotatable bonds is 19. The summed E-state index contributed by atoms with van der Waals surface area (Å²) >= 11 is 0. The molecular formula is C40H46O7. The molecule has 4 aromatic rings. The molecule has 5 rings (SSSR count). The molecule has 0 spiro atoms. The third-order valence-electron chi connectivity index (χ3n) is 7.78.